The number of ether oxygens (including phenoxy) is 2. The van der Waals surface area contributed by atoms with Crippen molar-refractivity contribution in [1.29, 1.82) is 0 Å². The summed E-state index contributed by atoms with van der Waals surface area (Å²) in [5.41, 5.74) is 1.99. The van der Waals surface area contributed by atoms with E-state index in [1.54, 1.807) is 14.2 Å². The number of hydrogen-bond donors (Lipinski definition) is 1. The first-order valence-corrected chi connectivity index (χ1v) is 8.74. The van der Waals surface area contributed by atoms with Gasteiger partial charge >= 0.3 is 0 Å². The third-order valence-electron chi connectivity index (χ3n) is 4.45. The lowest BCUT2D eigenvalue weighted by Crippen LogP contribution is -2.31. The monoisotopic (exact) mass is 359 g/mol. The van der Waals surface area contributed by atoms with E-state index in [1.807, 2.05) is 42.5 Å². The number of amides is 1. The highest BCUT2D eigenvalue weighted by molar-refractivity contribution is 6.30. The highest BCUT2D eigenvalue weighted by atomic mass is 35.5. The molecule has 0 spiro atoms. The molecule has 0 saturated heterocycles. The van der Waals surface area contributed by atoms with Gasteiger partial charge in [-0.3, -0.25) is 4.79 Å². The molecule has 0 bridgehead atoms. The van der Waals surface area contributed by atoms with Crippen LogP contribution in [0.4, 0.5) is 0 Å². The molecule has 2 aromatic carbocycles. The molecule has 0 aliphatic heterocycles. The van der Waals surface area contributed by atoms with E-state index in [4.69, 9.17) is 21.1 Å². The Morgan fingerprint density at radius 1 is 1.12 bits per heavy atom. The van der Waals surface area contributed by atoms with Crippen LogP contribution >= 0.6 is 11.6 Å². The minimum atomic E-state index is -0.000861. The Morgan fingerprint density at radius 2 is 1.80 bits per heavy atom. The lowest BCUT2D eigenvalue weighted by molar-refractivity contribution is -0.121. The van der Waals surface area contributed by atoms with Gasteiger partial charge < -0.3 is 14.8 Å². The van der Waals surface area contributed by atoms with E-state index in [-0.39, 0.29) is 11.9 Å². The molecule has 25 heavy (non-hydrogen) atoms. The van der Waals surface area contributed by atoms with Crippen molar-refractivity contribution < 1.29 is 14.3 Å². The molecular weight excluding hydrogens is 338 g/mol. The third-order valence-corrected chi connectivity index (χ3v) is 4.70. The zero-order chi connectivity index (χ0) is 17.8. The number of carbonyl (C=O) groups is 1. The smallest absolute Gasteiger partial charge is 0.224 e. The summed E-state index contributed by atoms with van der Waals surface area (Å²) in [6.45, 7) is 0. The van der Waals surface area contributed by atoms with Crippen molar-refractivity contribution in [1.82, 2.24) is 5.32 Å². The summed E-state index contributed by atoms with van der Waals surface area (Å²) in [6, 6.07) is 13.3. The normalized spacial score (nSPS) is 14.7. The van der Waals surface area contributed by atoms with Crippen LogP contribution in [-0.2, 0) is 11.2 Å². The van der Waals surface area contributed by atoms with E-state index in [0.717, 1.165) is 24.0 Å². The van der Waals surface area contributed by atoms with Crippen LogP contribution in [0.15, 0.2) is 42.5 Å². The van der Waals surface area contributed by atoms with Gasteiger partial charge in [0, 0.05) is 5.02 Å². The Labute approximate surface area is 153 Å². The third kappa shape index (κ3) is 4.45. The quantitative estimate of drug-likeness (QED) is 0.807. The van der Waals surface area contributed by atoms with Crippen LogP contribution in [-0.4, -0.2) is 20.1 Å². The molecule has 3 rings (SSSR count). The molecule has 0 aromatic heterocycles. The second kappa shape index (κ2) is 7.79. The van der Waals surface area contributed by atoms with Gasteiger partial charge in [-0.05, 0) is 54.2 Å². The van der Waals surface area contributed by atoms with E-state index in [0.29, 0.717) is 28.9 Å². The summed E-state index contributed by atoms with van der Waals surface area (Å²) >= 11 is 5.97. The molecule has 0 heterocycles. The highest BCUT2D eigenvalue weighted by Crippen LogP contribution is 2.41. The Bertz CT molecular complexity index is 741. The highest BCUT2D eigenvalue weighted by Gasteiger charge is 2.33. The van der Waals surface area contributed by atoms with Crippen molar-refractivity contribution >= 4 is 17.5 Å². The molecule has 1 amide bonds. The lowest BCUT2D eigenvalue weighted by Gasteiger charge is -2.19. The van der Waals surface area contributed by atoms with E-state index in [2.05, 4.69) is 5.32 Å². The standard InChI is InChI=1S/C20H22ClNO3/c1-24-17-10-3-13(11-18(17)25-2)12-19(23)22-20(14-4-5-14)15-6-8-16(21)9-7-15/h3,6-11,14,20H,4-5,12H2,1-2H3,(H,22,23)/t20-/m1/s1. The van der Waals surface area contributed by atoms with Gasteiger partial charge in [0.1, 0.15) is 0 Å². The zero-order valence-electron chi connectivity index (χ0n) is 14.4. The molecule has 132 valence electrons. The first-order valence-electron chi connectivity index (χ1n) is 8.36. The summed E-state index contributed by atoms with van der Waals surface area (Å²) in [5.74, 6) is 1.79. The van der Waals surface area contributed by atoms with Gasteiger partial charge in [0.2, 0.25) is 5.91 Å². The molecule has 2 aromatic rings. The molecule has 1 atom stereocenters. The zero-order valence-corrected chi connectivity index (χ0v) is 15.2. The lowest BCUT2D eigenvalue weighted by atomic mass is 10.0. The van der Waals surface area contributed by atoms with E-state index in [9.17, 15) is 4.79 Å². The van der Waals surface area contributed by atoms with Gasteiger partial charge in [-0.2, -0.15) is 0 Å². The van der Waals surface area contributed by atoms with E-state index in [1.165, 1.54) is 0 Å². The van der Waals surface area contributed by atoms with Crippen molar-refractivity contribution in [2.24, 2.45) is 5.92 Å². The van der Waals surface area contributed by atoms with Crippen LogP contribution in [0.5, 0.6) is 11.5 Å². The SMILES string of the molecule is COc1ccc(CC(=O)N[C@@H](c2ccc(Cl)cc2)C2CC2)cc1OC. The van der Waals surface area contributed by atoms with Gasteiger partial charge in [-0.25, -0.2) is 0 Å². The summed E-state index contributed by atoms with van der Waals surface area (Å²) in [6.07, 6.45) is 2.59. The number of hydrogen-bond acceptors (Lipinski definition) is 3. The number of benzene rings is 2. The van der Waals surface area contributed by atoms with E-state index < -0.39 is 0 Å². The molecule has 1 aliphatic carbocycles. The van der Waals surface area contributed by atoms with E-state index >= 15 is 0 Å². The number of nitrogens with one attached hydrogen (secondary N) is 1. The van der Waals surface area contributed by atoms with Crippen LogP contribution in [0.2, 0.25) is 5.02 Å². The van der Waals surface area contributed by atoms with Crippen molar-refractivity contribution in [3.63, 3.8) is 0 Å². The van der Waals surface area contributed by atoms with Crippen molar-refractivity contribution in [3.8, 4) is 11.5 Å². The van der Waals surface area contributed by atoms with Gasteiger partial charge in [-0.1, -0.05) is 29.8 Å². The molecule has 1 saturated carbocycles. The molecule has 1 fully saturated rings. The Balaban J connectivity index is 1.69. The first-order chi connectivity index (χ1) is 12.1. The summed E-state index contributed by atoms with van der Waals surface area (Å²) in [5, 5.41) is 3.88. The van der Waals surface area contributed by atoms with Crippen molar-refractivity contribution in [2.75, 3.05) is 14.2 Å². The maximum atomic E-state index is 12.5. The second-order valence-corrected chi connectivity index (χ2v) is 6.74. The summed E-state index contributed by atoms with van der Waals surface area (Å²) in [4.78, 5) is 12.5. The Kier molecular flexibility index (Phi) is 5.49. The minimum Gasteiger partial charge on any atom is -0.493 e. The fraction of sp³-hybridized carbons (Fsp3) is 0.350. The van der Waals surface area contributed by atoms with Gasteiger partial charge in [-0.15, -0.1) is 0 Å². The Hall–Kier alpha value is -2.20. The molecule has 0 unspecified atom stereocenters. The largest absolute Gasteiger partial charge is 0.493 e. The predicted molar refractivity (Wildman–Crippen MR) is 98.3 cm³/mol. The Morgan fingerprint density at radius 3 is 2.40 bits per heavy atom. The number of carbonyl (C=O) groups excluding carboxylic acids is 1. The van der Waals surface area contributed by atoms with Crippen LogP contribution in [0.1, 0.15) is 30.0 Å². The molecule has 0 radical (unpaired) electrons. The molecule has 5 heteroatoms. The molecule has 1 aliphatic rings. The summed E-state index contributed by atoms with van der Waals surface area (Å²) < 4.78 is 10.5. The number of halogens is 1. The van der Waals surface area contributed by atoms with Crippen molar-refractivity contribution in [2.45, 2.75) is 25.3 Å². The first kappa shape index (κ1) is 17.6. The van der Waals surface area contributed by atoms with Crippen LogP contribution in [0, 0.1) is 5.92 Å². The molecular formula is C20H22ClNO3. The average Bonchev–Trinajstić information content (AvgIpc) is 3.45. The van der Waals surface area contributed by atoms with Crippen molar-refractivity contribution in [3.05, 3.63) is 58.6 Å². The van der Waals surface area contributed by atoms with Crippen LogP contribution < -0.4 is 14.8 Å². The van der Waals surface area contributed by atoms with Crippen LogP contribution in [0.3, 0.4) is 0 Å². The molecule has 4 nitrogen and oxygen atoms in total. The van der Waals surface area contributed by atoms with Gasteiger partial charge in [0.25, 0.3) is 0 Å². The maximum Gasteiger partial charge on any atom is 0.224 e. The maximum absolute atomic E-state index is 12.5. The molecule has 1 N–H and O–H groups in total. The topological polar surface area (TPSA) is 47.6 Å². The fourth-order valence-electron chi connectivity index (χ4n) is 2.97. The minimum absolute atomic E-state index is 0.000861. The number of methoxy groups -OCH3 is 2. The second-order valence-electron chi connectivity index (χ2n) is 6.30. The van der Waals surface area contributed by atoms with Gasteiger partial charge in [0.15, 0.2) is 11.5 Å². The fourth-order valence-corrected chi connectivity index (χ4v) is 3.10. The van der Waals surface area contributed by atoms with Crippen LogP contribution in [0.25, 0.3) is 0 Å². The number of rotatable bonds is 7. The predicted octanol–water partition coefficient (Wildman–Crippen LogP) is 4.17. The summed E-state index contributed by atoms with van der Waals surface area (Å²) in [7, 11) is 3.18. The van der Waals surface area contributed by atoms with Gasteiger partial charge in [0.05, 0.1) is 26.7 Å². The average molecular weight is 360 g/mol.